The van der Waals surface area contributed by atoms with Gasteiger partial charge in [-0.25, -0.2) is 14.2 Å². The predicted molar refractivity (Wildman–Crippen MR) is 158 cm³/mol. The van der Waals surface area contributed by atoms with Crippen molar-refractivity contribution in [3.63, 3.8) is 0 Å². The molecule has 2 fully saturated rings. The van der Waals surface area contributed by atoms with E-state index in [0.717, 1.165) is 11.1 Å². The molecule has 0 radical (unpaired) electrons. The van der Waals surface area contributed by atoms with E-state index in [9.17, 15) is 18.8 Å². The number of terminal acetylenes is 1. The first-order valence-corrected chi connectivity index (χ1v) is 14.2. The summed E-state index contributed by atoms with van der Waals surface area (Å²) in [5.41, 5.74) is 2.49. The summed E-state index contributed by atoms with van der Waals surface area (Å²) in [6.07, 6.45) is 5.15. The summed E-state index contributed by atoms with van der Waals surface area (Å²) < 4.78 is 19.4. The molecule has 4 amide bonds. The largest absolute Gasteiger partial charge is 0.375 e. The van der Waals surface area contributed by atoms with Crippen LogP contribution in [0.25, 0.3) is 0 Å². The summed E-state index contributed by atoms with van der Waals surface area (Å²) in [5.74, 6) is 1.71. The molecule has 2 aliphatic heterocycles. The van der Waals surface area contributed by atoms with Crippen LogP contribution in [0.15, 0.2) is 84.9 Å². The average Bonchev–Trinajstić information content (AvgIpc) is 3.01. The standard InChI is InChI=1S/C33H34FN5O4/c1-2-16-37-23-31(40)38-29(20-25-10-5-3-6-11-25)32(41)36(17-18-43-24-27-14-9-15-28(34)19-27)22-30(38)39(37)33(42)35-21-26-12-7-4-8-13-26/h1,3-15,19,29-30H,16-18,20-24H2,(H,35,42). The summed E-state index contributed by atoms with van der Waals surface area (Å²) >= 11 is 0. The van der Waals surface area contributed by atoms with Gasteiger partial charge in [0.1, 0.15) is 18.0 Å². The second kappa shape index (κ2) is 14.0. The fourth-order valence-electron chi connectivity index (χ4n) is 5.52. The number of carbonyl (C=O) groups is 3. The zero-order valence-corrected chi connectivity index (χ0v) is 23.8. The average molecular weight is 584 g/mol. The van der Waals surface area contributed by atoms with Crippen molar-refractivity contribution in [3.05, 3.63) is 107 Å². The van der Waals surface area contributed by atoms with Crippen LogP contribution in [0.5, 0.6) is 0 Å². The van der Waals surface area contributed by atoms with Gasteiger partial charge < -0.3 is 19.9 Å². The van der Waals surface area contributed by atoms with Gasteiger partial charge in [0.2, 0.25) is 11.8 Å². The minimum absolute atomic E-state index is 0.0445. The Kier molecular flexibility index (Phi) is 9.66. The number of benzene rings is 3. The zero-order valence-electron chi connectivity index (χ0n) is 23.8. The number of rotatable bonds is 10. The maximum absolute atomic E-state index is 13.9. The number of piperazine rings is 1. The molecule has 222 valence electrons. The maximum Gasteiger partial charge on any atom is 0.334 e. The van der Waals surface area contributed by atoms with Crippen LogP contribution in [0.4, 0.5) is 9.18 Å². The van der Waals surface area contributed by atoms with Crippen molar-refractivity contribution in [2.45, 2.75) is 31.8 Å². The molecule has 2 saturated heterocycles. The van der Waals surface area contributed by atoms with E-state index in [1.165, 1.54) is 22.0 Å². The van der Waals surface area contributed by atoms with E-state index in [1.807, 2.05) is 60.7 Å². The fraction of sp³-hybridized carbons (Fsp3) is 0.303. The predicted octanol–water partition coefficient (Wildman–Crippen LogP) is 3.03. The number of ether oxygens (including phenoxy) is 1. The molecule has 5 rings (SSSR count). The first-order chi connectivity index (χ1) is 20.9. The number of hydrogen-bond donors (Lipinski definition) is 1. The van der Waals surface area contributed by atoms with Gasteiger partial charge in [-0.05, 0) is 28.8 Å². The summed E-state index contributed by atoms with van der Waals surface area (Å²) in [5, 5.41) is 5.99. The number of nitrogens with one attached hydrogen (secondary N) is 1. The third-order valence-corrected chi connectivity index (χ3v) is 7.53. The lowest BCUT2D eigenvalue weighted by molar-refractivity contribution is -0.189. The van der Waals surface area contributed by atoms with Crippen molar-refractivity contribution in [3.8, 4) is 12.3 Å². The Bertz CT molecular complexity index is 1460. The Hall–Kier alpha value is -4.72. The molecule has 2 atom stereocenters. The summed E-state index contributed by atoms with van der Waals surface area (Å²) in [6, 6.07) is 23.9. The molecule has 10 heteroatoms. The molecule has 3 aromatic carbocycles. The highest BCUT2D eigenvalue weighted by atomic mass is 19.1. The highest BCUT2D eigenvalue weighted by molar-refractivity contribution is 5.91. The molecule has 9 nitrogen and oxygen atoms in total. The first kappa shape index (κ1) is 29.8. The molecule has 0 bridgehead atoms. The van der Waals surface area contributed by atoms with Gasteiger partial charge in [-0.1, -0.05) is 78.7 Å². The Balaban J connectivity index is 1.38. The molecule has 0 aliphatic carbocycles. The molecule has 0 aromatic heterocycles. The van der Waals surface area contributed by atoms with Gasteiger partial charge in [-0.2, -0.15) is 5.01 Å². The monoisotopic (exact) mass is 583 g/mol. The van der Waals surface area contributed by atoms with Crippen molar-refractivity contribution in [1.82, 2.24) is 25.1 Å². The number of halogens is 1. The van der Waals surface area contributed by atoms with Crippen LogP contribution in [0.2, 0.25) is 0 Å². The minimum Gasteiger partial charge on any atom is -0.375 e. The molecule has 2 heterocycles. The highest BCUT2D eigenvalue weighted by Gasteiger charge is 2.51. The molecular formula is C33H34FN5O4. The third kappa shape index (κ3) is 7.20. The van der Waals surface area contributed by atoms with E-state index >= 15 is 0 Å². The molecule has 3 aromatic rings. The maximum atomic E-state index is 13.9. The van der Waals surface area contributed by atoms with Gasteiger partial charge in [-0.15, -0.1) is 6.42 Å². The number of urea groups is 1. The SMILES string of the molecule is C#CCN1CC(=O)N2C(Cc3ccccc3)C(=O)N(CCOCc3cccc(F)c3)CC2N1C(=O)NCc1ccccc1. The van der Waals surface area contributed by atoms with Crippen LogP contribution < -0.4 is 5.32 Å². The Morgan fingerprint density at radius 2 is 1.67 bits per heavy atom. The van der Waals surface area contributed by atoms with E-state index in [1.54, 1.807) is 22.0 Å². The Morgan fingerprint density at radius 3 is 2.37 bits per heavy atom. The number of fused-ring (bicyclic) bond motifs is 1. The van der Waals surface area contributed by atoms with Gasteiger partial charge in [0.25, 0.3) is 0 Å². The normalized spacial score (nSPS) is 18.7. The van der Waals surface area contributed by atoms with Crippen LogP contribution in [-0.2, 0) is 33.9 Å². The minimum atomic E-state index is -0.825. The molecule has 2 unspecified atom stereocenters. The van der Waals surface area contributed by atoms with Crippen molar-refractivity contribution in [2.24, 2.45) is 0 Å². The smallest absolute Gasteiger partial charge is 0.334 e. The summed E-state index contributed by atoms with van der Waals surface area (Å²) in [4.78, 5) is 44.4. The molecule has 1 N–H and O–H groups in total. The summed E-state index contributed by atoms with van der Waals surface area (Å²) in [6.45, 7) is 0.883. The van der Waals surface area contributed by atoms with Crippen LogP contribution in [-0.4, -0.2) is 82.7 Å². The molecule has 0 spiro atoms. The van der Waals surface area contributed by atoms with Gasteiger partial charge in [0.05, 0.1) is 32.8 Å². The van der Waals surface area contributed by atoms with Crippen LogP contribution >= 0.6 is 0 Å². The quantitative estimate of drug-likeness (QED) is 0.293. The molecule has 43 heavy (non-hydrogen) atoms. The van der Waals surface area contributed by atoms with Crippen molar-refractivity contribution >= 4 is 17.8 Å². The van der Waals surface area contributed by atoms with E-state index in [4.69, 9.17) is 11.2 Å². The van der Waals surface area contributed by atoms with Crippen molar-refractivity contribution < 1.29 is 23.5 Å². The molecular weight excluding hydrogens is 549 g/mol. The van der Waals surface area contributed by atoms with E-state index in [0.29, 0.717) is 5.56 Å². The lowest BCUT2D eigenvalue weighted by Gasteiger charge is -2.54. The molecule has 0 saturated carbocycles. The highest BCUT2D eigenvalue weighted by Crippen LogP contribution is 2.28. The number of hydrogen-bond acceptors (Lipinski definition) is 5. The van der Waals surface area contributed by atoms with Gasteiger partial charge in [0, 0.05) is 19.5 Å². The van der Waals surface area contributed by atoms with E-state index in [-0.39, 0.29) is 70.0 Å². The van der Waals surface area contributed by atoms with Crippen molar-refractivity contribution in [1.29, 1.82) is 0 Å². The first-order valence-electron chi connectivity index (χ1n) is 14.2. The molecule has 2 aliphatic rings. The van der Waals surface area contributed by atoms with Gasteiger partial charge in [-0.3, -0.25) is 9.59 Å². The number of nitrogens with zero attached hydrogens (tertiary/aromatic N) is 4. The zero-order chi connectivity index (χ0) is 30.2. The Morgan fingerprint density at radius 1 is 0.977 bits per heavy atom. The second-order valence-electron chi connectivity index (χ2n) is 10.5. The topological polar surface area (TPSA) is 85.4 Å². The van der Waals surface area contributed by atoms with Crippen molar-refractivity contribution in [2.75, 3.05) is 32.8 Å². The third-order valence-electron chi connectivity index (χ3n) is 7.53. The fourth-order valence-corrected chi connectivity index (χ4v) is 5.52. The van der Waals surface area contributed by atoms with Crippen LogP contribution in [0.3, 0.4) is 0 Å². The van der Waals surface area contributed by atoms with Gasteiger partial charge >= 0.3 is 6.03 Å². The number of amides is 4. The lowest BCUT2D eigenvalue weighted by atomic mass is 9.99. The number of carbonyl (C=O) groups excluding carboxylic acids is 3. The van der Waals surface area contributed by atoms with E-state index < -0.39 is 18.2 Å². The van der Waals surface area contributed by atoms with Crippen LogP contribution in [0.1, 0.15) is 16.7 Å². The second-order valence-corrected chi connectivity index (χ2v) is 10.5. The van der Waals surface area contributed by atoms with Gasteiger partial charge in [0.15, 0.2) is 0 Å². The van der Waals surface area contributed by atoms with Crippen LogP contribution in [0, 0.1) is 18.2 Å². The Labute approximate surface area is 250 Å². The lowest BCUT2D eigenvalue weighted by Crippen LogP contribution is -2.76. The number of hydrazine groups is 1. The summed E-state index contributed by atoms with van der Waals surface area (Å²) in [7, 11) is 0. The van der Waals surface area contributed by atoms with E-state index in [2.05, 4.69) is 11.2 Å².